The van der Waals surface area contributed by atoms with Crippen LogP contribution in [0.2, 0.25) is 0 Å². The largest absolute Gasteiger partial charge is 0.495 e. The lowest BCUT2D eigenvalue weighted by atomic mass is 10.1. The Balaban J connectivity index is 2.10. The summed E-state index contributed by atoms with van der Waals surface area (Å²) in [6.45, 7) is 1.88. The fraction of sp³-hybridized carbons (Fsp3) is 0.263. The summed E-state index contributed by atoms with van der Waals surface area (Å²) >= 11 is 0. The van der Waals surface area contributed by atoms with Crippen LogP contribution >= 0.6 is 0 Å². The van der Waals surface area contributed by atoms with Crippen LogP contribution in [-0.2, 0) is 14.8 Å². The minimum atomic E-state index is -3.84. The summed E-state index contributed by atoms with van der Waals surface area (Å²) in [5.74, 6) is -0.508. The maximum Gasteiger partial charge on any atom is 0.338 e. The lowest BCUT2D eigenvalue weighted by Gasteiger charge is -2.11. The summed E-state index contributed by atoms with van der Waals surface area (Å²) in [6, 6.07) is 10.3. The van der Waals surface area contributed by atoms with Crippen molar-refractivity contribution in [1.29, 1.82) is 0 Å². The Morgan fingerprint density at radius 2 is 1.68 bits per heavy atom. The highest BCUT2D eigenvalue weighted by molar-refractivity contribution is 7.89. The van der Waals surface area contributed by atoms with Crippen molar-refractivity contribution in [2.75, 3.05) is 27.4 Å². The van der Waals surface area contributed by atoms with Gasteiger partial charge in [-0.05, 0) is 56.4 Å². The van der Waals surface area contributed by atoms with Crippen molar-refractivity contribution >= 4 is 21.8 Å². The van der Waals surface area contributed by atoms with E-state index in [1.54, 1.807) is 24.3 Å². The second kappa shape index (κ2) is 9.34. The highest BCUT2D eigenvalue weighted by Gasteiger charge is 2.21. The van der Waals surface area contributed by atoms with Crippen molar-refractivity contribution < 1.29 is 32.2 Å². The van der Waals surface area contributed by atoms with E-state index >= 15 is 0 Å². The number of Topliss-reactive ketones (excluding diaryl/α,β-unsaturated/α-hetero) is 1. The smallest absolute Gasteiger partial charge is 0.338 e. The number of carbonyl (C=O) groups is 2. The van der Waals surface area contributed by atoms with Gasteiger partial charge in [-0.25, -0.2) is 17.9 Å². The first-order valence-corrected chi connectivity index (χ1v) is 9.85. The zero-order valence-electron chi connectivity index (χ0n) is 15.7. The van der Waals surface area contributed by atoms with Gasteiger partial charge in [0.1, 0.15) is 16.4 Å². The number of rotatable bonds is 9. The van der Waals surface area contributed by atoms with Crippen molar-refractivity contribution in [3.8, 4) is 11.5 Å². The second-order valence-electron chi connectivity index (χ2n) is 5.53. The molecule has 0 unspecified atom stereocenters. The molecule has 0 aromatic heterocycles. The molecule has 0 aliphatic rings. The van der Waals surface area contributed by atoms with Gasteiger partial charge in [0.2, 0.25) is 10.0 Å². The van der Waals surface area contributed by atoms with Gasteiger partial charge in [-0.15, -0.1) is 0 Å². The summed E-state index contributed by atoms with van der Waals surface area (Å²) in [7, 11) is -1.28. The lowest BCUT2D eigenvalue weighted by molar-refractivity contribution is 0.0474. The second-order valence-corrected chi connectivity index (χ2v) is 7.38. The fourth-order valence-electron chi connectivity index (χ4n) is 2.33. The molecule has 0 fully saturated rings. The first kappa shape index (κ1) is 21.4. The van der Waals surface area contributed by atoms with Gasteiger partial charge in [0, 0.05) is 5.56 Å². The molecule has 0 spiro atoms. The average Bonchev–Trinajstić information content (AvgIpc) is 2.72. The lowest BCUT2D eigenvalue weighted by Crippen LogP contribution is -2.20. The normalized spacial score (nSPS) is 11.0. The van der Waals surface area contributed by atoms with Crippen molar-refractivity contribution in [3.63, 3.8) is 0 Å². The van der Waals surface area contributed by atoms with Gasteiger partial charge in [-0.1, -0.05) is 0 Å². The van der Waals surface area contributed by atoms with E-state index in [1.165, 1.54) is 26.3 Å². The van der Waals surface area contributed by atoms with Crippen LogP contribution in [0.15, 0.2) is 47.4 Å². The van der Waals surface area contributed by atoms with Crippen LogP contribution in [0.5, 0.6) is 11.5 Å². The van der Waals surface area contributed by atoms with Gasteiger partial charge in [0.15, 0.2) is 12.4 Å². The van der Waals surface area contributed by atoms with Crippen LogP contribution in [0.3, 0.4) is 0 Å². The van der Waals surface area contributed by atoms with E-state index in [9.17, 15) is 18.0 Å². The van der Waals surface area contributed by atoms with Crippen molar-refractivity contribution in [1.82, 2.24) is 4.72 Å². The van der Waals surface area contributed by atoms with E-state index < -0.39 is 28.4 Å². The Bertz CT molecular complexity index is 953. The molecule has 28 heavy (non-hydrogen) atoms. The van der Waals surface area contributed by atoms with Crippen LogP contribution in [0, 0.1) is 0 Å². The SMILES string of the molecule is CCOc1ccc(C(=O)COC(=O)c2ccc(OC)c(S(=O)(=O)NC)c2)cc1. The fourth-order valence-corrected chi connectivity index (χ4v) is 3.24. The van der Waals surface area contributed by atoms with Gasteiger partial charge in [0.05, 0.1) is 19.3 Å². The number of hydrogen-bond acceptors (Lipinski definition) is 7. The highest BCUT2D eigenvalue weighted by atomic mass is 32.2. The van der Waals surface area contributed by atoms with Crippen LogP contribution in [-0.4, -0.2) is 47.5 Å². The van der Waals surface area contributed by atoms with Crippen LogP contribution in [0.1, 0.15) is 27.6 Å². The molecule has 150 valence electrons. The number of carbonyl (C=O) groups excluding carboxylic acids is 2. The quantitative estimate of drug-likeness (QED) is 0.500. The third-order valence-electron chi connectivity index (χ3n) is 3.78. The molecule has 2 aromatic carbocycles. The number of benzene rings is 2. The molecule has 0 aliphatic carbocycles. The van der Waals surface area contributed by atoms with Gasteiger partial charge in [0.25, 0.3) is 0 Å². The van der Waals surface area contributed by atoms with E-state index in [0.29, 0.717) is 17.9 Å². The first-order chi connectivity index (χ1) is 13.3. The molecular formula is C19H21NO7S. The summed E-state index contributed by atoms with van der Waals surface area (Å²) in [5.41, 5.74) is 0.346. The first-order valence-electron chi connectivity index (χ1n) is 8.37. The van der Waals surface area contributed by atoms with Crippen LogP contribution in [0.25, 0.3) is 0 Å². The highest BCUT2D eigenvalue weighted by Crippen LogP contribution is 2.25. The average molecular weight is 407 g/mol. The molecule has 1 N–H and O–H groups in total. The van der Waals surface area contributed by atoms with Gasteiger partial charge in [-0.2, -0.15) is 0 Å². The molecule has 0 atom stereocenters. The van der Waals surface area contributed by atoms with Crippen molar-refractivity contribution in [2.24, 2.45) is 0 Å². The van der Waals surface area contributed by atoms with E-state index in [4.69, 9.17) is 14.2 Å². The summed E-state index contributed by atoms with van der Waals surface area (Å²) < 4.78 is 41.6. The molecule has 0 bridgehead atoms. The summed E-state index contributed by atoms with van der Waals surface area (Å²) in [6.07, 6.45) is 0. The predicted octanol–water partition coefficient (Wildman–Crippen LogP) is 2.04. The maximum atomic E-state index is 12.2. The Labute approximate surface area is 163 Å². The van der Waals surface area contributed by atoms with E-state index in [-0.39, 0.29) is 16.2 Å². The number of hydrogen-bond donors (Lipinski definition) is 1. The Kier molecular flexibility index (Phi) is 7.13. The van der Waals surface area contributed by atoms with E-state index in [1.807, 2.05) is 6.92 Å². The molecule has 2 rings (SSSR count). The molecule has 0 saturated heterocycles. The van der Waals surface area contributed by atoms with Gasteiger partial charge >= 0.3 is 5.97 Å². The monoisotopic (exact) mass is 407 g/mol. The standard InChI is InChI=1S/C19H21NO7S/c1-4-26-15-8-5-13(6-9-15)16(21)12-27-19(22)14-7-10-17(25-3)18(11-14)28(23,24)20-2/h5-11,20H,4,12H2,1-3H3. The Morgan fingerprint density at radius 3 is 2.25 bits per heavy atom. The zero-order valence-corrected chi connectivity index (χ0v) is 16.5. The summed E-state index contributed by atoms with van der Waals surface area (Å²) in [4.78, 5) is 24.2. The number of ether oxygens (including phenoxy) is 3. The molecule has 0 amide bonds. The minimum absolute atomic E-state index is 0.0193. The molecule has 0 saturated carbocycles. The van der Waals surface area contributed by atoms with Crippen LogP contribution in [0.4, 0.5) is 0 Å². The number of esters is 1. The van der Waals surface area contributed by atoms with E-state index in [2.05, 4.69) is 4.72 Å². The summed E-state index contributed by atoms with van der Waals surface area (Å²) in [5, 5.41) is 0. The molecule has 0 aliphatic heterocycles. The number of ketones is 1. The molecular weight excluding hydrogens is 386 g/mol. The van der Waals surface area contributed by atoms with Crippen LogP contribution < -0.4 is 14.2 Å². The van der Waals surface area contributed by atoms with E-state index in [0.717, 1.165) is 6.07 Å². The van der Waals surface area contributed by atoms with Crippen molar-refractivity contribution in [3.05, 3.63) is 53.6 Å². The third-order valence-corrected chi connectivity index (χ3v) is 5.21. The van der Waals surface area contributed by atoms with Crippen molar-refractivity contribution in [2.45, 2.75) is 11.8 Å². The number of methoxy groups -OCH3 is 1. The Morgan fingerprint density at radius 1 is 1.04 bits per heavy atom. The Hall–Kier alpha value is -2.91. The third kappa shape index (κ3) is 5.08. The predicted molar refractivity (Wildman–Crippen MR) is 101 cm³/mol. The molecule has 8 nitrogen and oxygen atoms in total. The number of nitrogens with one attached hydrogen (secondary N) is 1. The van der Waals surface area contributed by atoms with Gasteiger partial charge < -0.3 is 14.2 Å². The minimum Gasteiger partial charge on any atom is -0.495 e. The molecule has 0 heterocycles. The van der Waals surface area contributed by atoms with Gasteiger partial charge in [-0.3, -0.25) is 4.79 Å². The topological polar surface area (TPSA) is 108 Å². The molecule has 2 aromatic rings. The molecule has 0 radical (unpaired) electrons. The molecule has 9 heteroatoms. The number of sulfonamides is 1. The maximum absolute atomic E-state index is 12.2. The zero-order chi connectivity index (χ0) is 20.7.